The second-order valence-corrected chi connectivity index (χ2v) is 7.79. The molecule has 29 heavy (non-hydrogen) atoms. The lowest BCUT2D eigenvalue weighted by atomic mass is 10.1. The van der Waals surface area contributed by atoms with Crippen LogP contribution in [-0.4, -0.2) is 35.4 Å². The predicted octanol–water partition coefficient (Wildman–Crippen LogP) is 4.70. The van der Waals surface area contributed by atoms with Gasteiger partial charge in [-0.2, -0.15) is 0 Å². The molecule has 0 saturated heterocycles. The van der Waals surface area contributed by atoms with Crippen molar-refractivity contribution in [2.45, 2.75) is 45.8 Å². The Balaban J connectivity index is 2.23. The third-order valence-electron chi connectivity index (χ3n) is 4.27. The van der Waals surface area contributed by atoms with Gasteiger partial charge in [-0.05, 0) is 50.1 Å². The van der Waals surface area contributed by atoms with E-state index >= 15 is 0 Å². The van der Waals surface area contributed by atoms with Crippen molar-refractivity contribution in [2.24, 2.45) is 0 Å². The summed E-state index contributed by atoms with van der Waals surface area (Å²) in [4.78, 5) is 27.3. The van der Waals surface area contributed by atoms with E-state index in [0.717, 1.165) is 5.56 Å². The van der Waals surface area contributed by atoms with Crippen molar-refractivity contribution in [3.63, 3.8) is 0 Å². The van der Waals surface area contributed by atoms with Gasteiger partial charge in [0.15, 0.2) is 6.61 Å². The lowest BCUT2D eigenvalue weighted by Crippen LogP contribution is -2.51. The molecule has 5 nitrogen and oxygen atoms in total. The summed E-state index contributed by atoms with van der Waals surface area (Å²) in [6.45, 7) is 5.63. The van der Waals surface area contributed by atoms with Gasteiger partial charge in [-0.25, -0.2) is 0 Å². The molecule has 7 heteroatoms. The molecule has 156 valence electrons. The Morgan fingerprint density at radius 2 is 1.83 bits per heavy atom. The van der Waals surface area contributed by atoms with Gasteiger partial charge in [0, 0.05) is 22.6 Å². The van der Waals surface area contributed by atoms with Crippen molar-refractivity contribution in [3.8, 4) is 5.75 Å². The highest BCUT2D eigenvalue weighted by Crippen LogP contribution is 2.21. The normalized spacial score (nSPS) is 11.8. The number of halogens is 2. The lowest BCUT2D eigenvalue weighted by Gasteiger charge is -2.31. The Bertz CT molecular complexity index is 842. The average molecular weight is 437 g/mol. The zero-order chi connectivity index (χ0) is 21.4. The first-order valence-electron chi connectivity index (χ1n) is 9.53. The van der Waals surface area contributed by atoms with E-state index in [1.54, 1.807) is 30.3 Å². The number of hydrogen-bond acceptors (Lipinski definition) is 3. The Labute approximate surface area is 181 Å². The standard InChI is InChI=1S/C22H26Cl2N2O3/c1-4-20(22(28)25-15(2)3)26(13-16-8-5-6-11-19(16)24)21(27)14-29-18-10-7-9-17(23)12-18/h5-12,15,20H,4,13-14H2,1-3H3,(H,25,28)/t20-/m1/s1. The van der Waals surface area contributed by atoms with Crippen LogP contribution in [0.25, 0.3) is 0 Å². The molecule has 0 saturated carbocycles. The van der Waals surface area contributed by atoms with Gasteiger partial charge in [-0.1, -0.05) is 54.4 Å². The summed E-state index contributed by atoms with van der Waals surface area (Å²) >= 11 is 12.3. The second kappa shape index (κ2) is 11.1. The summed E-state index contributed by atoms with van der Waals surface area (Å²) in [6, 6.07) is 13.4. The molecular formula is C22H26Cl2N2O3. The van der Waals surface area contributed by atoms with Gasteiger partial charge < -0.3 is 15.0 Å². The fourth-order valence-electron chi connectivity index (χ4n) is 2.90. The van der Waals surface area contributed by atoms with Gasteiger partial charge in [-0.3, -0.25) is 9.59 Å². The Morgan fingerprint density at radius 1 is 1.10 bits per heavy atom. The highest BCUT2D eigenvalue weighted by molar-refractivity contribution is 6.31. The minimum absolute atomic E-state index is 0.0310. The van der Waals surface area contributed by atoms with Gasteiger partial charge in [0.05, 0.1) is 0 Å². The minimum Gasteiger partial charge on any atom is -0.484 e. The van der Waals surface area contributed by atoms with Crippen LogP contribution < -0.4 is 10.1 Å². The van der Waals surface area contributed by atoms with E-state index in [1.807, 2.05) is 39.0 Å². The SMILES string of the molecule is CC[C@H](C(=O)NC(C)C)N(Cc1ccccc1Cl)C(=O)COc1cccc(Cl)c1. The summed E-state index contributed by atoms with van der Waals surface area (Å²) in [6.07, 6.45) is 0.464. The molecule has 0 heterocycles. The summed E-state index contributed by atoms with van der Waals surface area (Å²) in [5, 5.41) is 3.95. The van der Waals surface area contributed by atoms with Crippen molar-refractivity contribution in [1.29, 1.82) is 0 Å². The zero-order valence-corrected chi connectivity index (χ0v) is 18.3. The van der Waals surface area contributed by atoms with Gasteiger partial charge in [0.25, 0.3) is 5.91 Å². The molecule has 1 N–H and O–H groups in total. The molecule has 1 atom stereocenters. The lowest BCUT2D eigenvalue weighted by molar-refractivity contribution is -0.143. The maximum atomic E-state index is 13.1. The van der Waals surface area contributed by atoms with Crippen LogP contribution in [0.15, 0.2) is 48.5 Å². The smallest absolute Gasteiger partial charge is 0.261 e. The summed E-state index contributed by atoms with van der Waals surface area (Å²) in [5.41, 5.74) is 0.765. The fraction of sp³-hybridized carbons (Fsp3) is 0.364. The number of nitrogens with zero attached hydrogens (tertiary/aromatic N) is 1. The summed E-state index contributed by atoms with van der Waals surface area (Å²) in [5.74, 6) is -0.0236. The van der Waals surface area contributed by atoms with Crippen molar-refractivity contribution in [1.82, 2.24) is 10.2 Å². The van der Waals surface area contributed by atoms with Crippen molar-refractivity contribution in [2.75, 3.05) is 6.61 Å². The third kappa shape index (κ3) is 6.94. The van der Waals surface area contributed by atoms with E-state index in [2.05, 4.69) is 5.32 Å². The first-order valence-corrected chi connectivity index (χ1v) is 10.3. The number of nitrogens with one attached hydrogen (secondary N) is 1. The number of carbonyl (C=O) groups is 2. The molecule has 2 aromatic carbocycles. The van der Waals surface area contributed by atoms with Crippen LogP contribution in [0.4, 0.5) is 0 Å². The average Bonchev–Trinajstić information content (AvgIpc) is 2.67. The Hall–Kier alpha value is -2.24. The largest absolute Gasteiger partial charge is 0.484 e. The van der Waals surface area contributed by atoms with E-state index in [0.29, 0.717) is 22.2 Å². The molecule has 0 unspecified atom stereocenters. The molecule has 0 spiro atoms. The van der Waals surface area contributed by atoms with E-state index in [1.165, 1.54) is 4.90 Å². The monoisotopic (exact) mass is 436 g/mol. The van der Waals surface area contributed by atoms with E-state index in [-0.39, 0.29) is 31.0 Å². The molecule has 2 amide bonds. The molecule has 0 aliphatic rings. The maximum absolute atomic E-state index is 13.1. The third-order valence-corrected chi connectivity index (χ3v) is 4.88. The molecular weight excluding hydrogens is 411 g/mol. The highest BCUT2D eigenvalue weighted by atomic mass is 35.5. The van der Waals surface area contributed by atoms with Crippen LogP contribution >= 0.6 is 23.2 Å². The van der Waals surface area contributed by atoms with Crippen LogP contribution in [0.1, 0.15) is 32.8 Å². The van der Waals surface area contributed by atoms with E-state index < -0.39 is 6.04 Å². The quantitative estimate of drug-likeness (QED) is 0.619. The van der Waals surface area contributed by atoms with Crippen LogP contribution in [0.2, 0.25) is 10.0 Å². The van der Waals surface area contributed by atoms with Crippen LogP contribution in [-0.2, 0) is 16.1 Å². The molecule has 2 rings (SSSR count). The van der Waals surface area contributed by atoms with Crippen molar-refractivity contribution in [3.05, 3.63) is 64.1 Å². The summed E-state index contributed by atoms with van der Waals surface area (Å²) < 4.78 is 5.61. The zero-order valence-electron chi connectivity index (χ0n) is 16.8. The first-order chi connectivity index (χ1) is 13.8. The number of amides is 2. The number of benzene rings is 2. The molecule has 0 aromatic heterocycles. The number of rotatable bonds is 9. The number of ether oxygens (including phenoxy) is 1. The molecule has 0 fully saturated rings. The fourth-order valence-corrected chi connectivity index (χ4v) is 3.27. The van der Waals surface area contributed by atoms with Crippen LogP contribution in [0, 0.1) is 0 Å². The van der Waals surface area contributed by atoms with Crippen molar-refractivity contribution < 1.29 is 14.3 Å². The Kier molecular flexibility index (Phi) is 8.80. The number of carbonyl (C=O) groups excluding carboxylic acids is 2. The van der Waals surface area contributed by atoms with Crippen molar-refractivity contribution >= 4 is 35.0 Å². The van der Waals surface area contributed by atoms with Gasteiger partial charge in [0.2, 0.25) is 5.91 Å². The molecule has 2 aromatic rings. The van der Waals surface area contributed by atoms with Gasteiger partial charge in [-0.15, -0.1) is 0 Å². The van der Waals surface area contributed by atoms with Crippen LogP contribution in [0.3, 0.4) is 0 Å². The Morgan fingerprint density at radius 3 is 2.45 bits per heavy atom. The molecule has 0 radical (unpaired) electrons. The predicted molar refractivity (Wildman–Crippen MR) is 116 cm³/mol. The van der Waals surface area contributed by atoms with E-state index in [4.69, 9.17) is 27.9 Å². The number of hydrogen-bond donors (Lipinski definition) is 1. The molecule has 0 aliphatic carbocycles. The molecule has 0 aliphatic heterocycles. The topological polar surface area (TPSA) is 58.6 Å². The first kappa shape index (κ1) is 23.0. The summed E-state index contributed by atoms with van der Waals surface area (Å²) in [7, 11) is 0. The van der Waals surface area contributed by atoms with Gasteiger partial charge in [0.1, 0.15) is 11.8 Å². The van der Waals surface area contributed by atoms with Gasteiger partial charge >= 0.3 is 0 Å². The highest BCUT2D eigenvalue weighted by Gasteiger charge is 2.29. The van der Waals surface area contributed by atoms with Crippen LogP contribution in [0.5, 0.6) is 5.75 Å². The minimum atomic E-state index is -0.635. The van der Waals surface area contributed by atoms with E-state index in [9.17, 15) is 9.59 Å². The second-order valence-electron chi connectivity index (χ2n) is 6.95. The maximum Gasteiger partial charge on any atom is 0.261 e. The molecule has 0 bridgehead atoms.